The van der Waals surface area contributed by atoms with E-state index in [1.165, 1.54) is 29.4 Å². The predicted molar refractivity (Wildman–Crippen MR) is 109 cm³/mol. The summed E-state index contributed by atoms with van der Waals surface area (Å²) < 4.78 is 33.7. The van der Waals surface area contributed by atoms with Crippen LogP contribution in [0.1, 0.15) is 37.1 Å². The maximum atomic E-state index is 12.7. The molecule has 10 nitrogen and oxygen atoms in total. The molecule has 3 amide bonds. The van der Waals surface area contributed by atoms with Crippen molar-refractivity contribution in [1.82, 2.24) is 24.9 Å². The Balaban J connectivity index is 1.34. The molecule has 1 aliphatic heterocycles. The maximum Gasteiger partial charge on any atom is 0.324 e. The first-order valence-electron chi connectivity index (χ1n) is 10.0. The van der Waals surface area contributed by atoms with Gasteiger partial charge in [0.1, 0.15) is 12.3 Å². The molecule has 1 aliphatic carbocycles. The van der Waals surface area contributed by atoms with E-state index in [0.29, 0.717) is 17.1 Å². The van der Waals surface area contributed by atoms with Crippen LogP contribution in [0.15, 0.2) is 41.6 Å². The predicted octanol–water partition coefficient (Wildman–Crippen LogP) is 1.33. The zero-order valence-corrected chi connectivity index (χ0v) is 17.6. The number of sulfonamides is 1. The van der Waals surface area contributed by atoms with Crippen molar-refractivity contribution in [3.63, 3.8) is 0 Å². The fourth-order valence-corrected chi connectivity index (χ4v) is 4.56. The average Bonchev–Trinajstić information content (AvgIpc) is 3.37. The highest BCUT2D eigenvalue weighted by molar-refractivity contribution is 7.89. The number of imide groups is 1. The van der Waals surface area contributed by atoms with Crippen LogP contribution in [0.4, 0.5) is 4.79 Å². The lowest BCUT2D eigenvalue weighted by Crippen LogP contribution is -2.28. The number of benzene rings is 1. The van der Waals surface area contributed by atoms with Gasteiger partial charge in [0.2, 0.25) is 15.9 Å². The Labute approximate surface area is 180 Å². The van der Waals surface area contributed by atoms with Crippen LogP contribution in [0.3, 0.4) is 0 Å². The minimum atomic E-state index is -3.75. The van der Waals surface area contributed by atoms with Crippen LogP contribution >= 0.6 is 0 Å². The van der Waals surface area contributed by atoms with Crippen molar-refractivity contribution in [2.45, 2.75) is 49.8 Å². The van der Waals surface area contributed by atoms with Gasteiger partial charge in [-0.2, -0.15) is 0 Å². The molecule has 164 valence electrons. The number of rotatable bonds is 8. The van der Waals surface area contributed by atoms with Crippen molar-refractivity contribution in [2.75, 3.05) is 6.54 Å². The molecule has 0 unspecified atom stereocenters. The number of carbonyl (C=O) groups excluding carboxylic acids is 2. The van der Waals surface area contributed by atoms with E-state index in [1.54, 1.807) is 12.1 Å². The number of amides is 3. The summed E-state index contributed by atoms with van der Waals surface area (Å²) in [4.78, 5) is 32.6. The van der Waals surface area contributed by atoms with Gasteiger partial charge in [0.05, 0.1) is 47.9 Å². The minimum Gasteiger partial charge on any atom is -0.490 e. The molecule has 1 saturated carbocycles. The average molecular weight is 446 g/mol. The van der Waals surface area contributed by atoms with Crippen molar-refractivity contribution < 1.29 is 22.7 Å². The number of aromatic nitrogens is 2. The van der Waals surface area contributed by atoms with Crippen molar-refractivity contribution in [3.8, 4) is 5.75 Å². The Morgan fingerprint density at radius 1 is 1.13 bits per heavy atom. The van der Waals surface area contributed by atoms with Gasteiger partial charge in [-0.3, -0.25) is 20.1 Å². The molecule has 0 spiro atoms. The monoisotopic (exact) mass is 445 g/mol. The van der Waals surface area contributed by atoms with Gasteiger partial charge in [-0.05, 0) is 37.8 Å². The quantitative estimate of drug-likeness (QED) is 0.586. The Morgan fingerprint density at radius 3 is 2.55 bits per heavy atom. The molecule has 31 heavy (non-hydrogen) atoms. The lowest BCUT2D eigenvalue weighted by Gasteiger charge is -2.14. The Bertz CT molecular complexity index is 1070. The summed E-state index contributed by atoms with van der Waals surface area (Å²) in [5, 5.41) is 2.19. The number of nitrogens with one attached hydrogen (secondary N) is 2. The van der Waals surface area contributed by atoms with Gasteiger partial charge in [0, 0.05) is 6.07 Å². The third kappa shape index (κ3) is 5.36. The molecule has 2 fully saturated rings. The molecule has 4 rings (SSSR count). The summed E-state index contributed by atoms with van der Waals surface area (Å²) in [5.41, 5.74) is 0.917. The van der Waals surface area contributed by atoms with Crippen LogP contribution in [-0.2, 0) is 27.9 Å². The summed E-state index contributed by atoms with van der Waals surface area (Å²) >= 11 is 0. The first kappa shape index (κ1) is 21.2. The van der Waals surface area contributed by atoms with Gasteiger partial charge >= 0.3 is 6.03 Å². The fourth-order valence-electron chi connectivity index (χ4n) is 3.53. The van der Waals surface area contributed by atoms with Crippen LogP contribution in [-0.4, -0.2) is 47.9 Å². The lowest BCUT2D eigenvalue weighted by atomic mass is 10.3. The number of hydrogen-bond donors (Lipinski definition) is 2. The highest BCUT2D eigenvalue weighted by atomic mass is 32.2. The van der Waals surface area contributed by atoms with Crippen LogP contribution in [0.2, 0.25) is 0 Å². The van der Waals surface area contributed by atoms with Crippen molar-refractivity contribution in [1.29, 1.82) is 0 Å². The lowest BCUT2D eigenvalue weighted by molar-refractivity contribution is -0.118. The van der Waals surface area contributed by atoms with Gasteiger partial charge in [-0.1, -0.05) is 6.07 Å². The normalized spacial score (nSPS) is 17.2. The highest BCUT2D eigenvalue weighted by Crippen LogP contribution is 2.25. The van der Waals surface area contributed by atoms with Crippen LogP contribution in [0.5, 0.6) is 5.75 Å². The van der Waals surface area contributed by atoms with E-state index in [4.69, 9.17) is 4.74 Å². The van der Waals surface area contributed by atoms with Gasteiger partial charge in [0.15, 0.2) is 0 Å². The molecule has 1 aromatic carbocycles. The molecule has 0 bridgehead atoms. The number of hydrogen-bond acceptors (Lipinski definition) is 7. The minimum absolute atomic E-state index is 0.0222. The van der Waals surface area contributed by atoms with E-state index in [0.717, 1.165) is 25.7 Å². The molecule has 0 radical (unpaired) electrons. The van der Waals surface area contributed by atoms with E-state index < -0.39 is 16.1 Å². The van der Waals surface area contributed by atoms with Crippen molar-refractivity contribution in [2.24, 2.45) is 0 Å². The van der Waals surface area contributed by atoms with Gasteiger partial charge in [-0.25, -0.2) is 17.9 Å². The molecule has 0 atom stereocenters. The molecule has 1 saturated heterocycles. The second kappa shape index (κ2) is 8.98. The van der Waals surface area contributed by atoms with Gasteiger partial charge in [0.25, 0.3) is 0 Å². The Kier molecular flexibility index (Phi) is 6.14. The van der Waals surface area contributed by atoms with E-state index in [1.807, 2.05) is 0 Å². The Morgan fingerprint density at radius 2 is 1.87 bits per heavy atom. The molecule has 2 aliphatic rings. The van der Waals surface area contributed by atoms with Crippen LogP contribution < -0.4 is 14.8 Å². The number of urea groups is 1. The topological polar surface area (TPSA) is 131 Å². The number of ether oxygens (including phenoxy) is 1. The molecule has 2 aromatic rings. The fraction of sp³-hybridized carbons (Fsp3) is 0.400. The van der Waals surface area contributed by atoms with E-state index in [9.17, 15) is 18.0 Å². The Hall–Kier alpha value is -3.05. The van der Waals surface area contributed by atoms with E-state index in [-0.39, 0.29) is 36.5 Å². The second-order valence-electron chi connectivity index (χ2n) is 7.53. The second-order valence-corrected chi connectivity index (χ2v) is 9.30. The molecular formula is C20H23N5O5S. The van der Waals surface area contributed by atoms with Gasteiger partial charge in [-0.15, -0.1) is 0 Å². The third-order valence-corrected chi connectivity index (χ3v) is 6.54. The summed E-state index contributed by atoms with van der Waals surface area (Å²) in [6.45, 7) is 0.0853. The smallest absolute Gasteiger partial charge is 0.324 e. The van der Waals surface area contributed by atoms with E-state index >= 15 is 0 Å². The van der Waals surface area contributed by atoms with Crippen LogP contribution in [0, 0.1) is 0 Å². The van der Waals surface area contributed by atoms with E-state index in [2.05, 4.69) is 20.0 Å². The zero-order valence-electron chi connectivity index (χ0n) is 16.8. The first-order chi connectivity index (χ1) is 14.9. The SMILES string of the molecule is O=C1CN(Cc2cnc(CNS(=O)(=O)c3cccc(OC4CCCC4)c3)cn2)C(=O)N1. The first-order valence-corrected chi connectivity index (χ1v) is 11.5. The largest absolute Gasteiger partial charge is 0.490 e. The number of carbonyl (C=O) groups is 2. The molecule has 1 aromatic heterocycles. The zero-order chi connectivity index (χ0) is 21.8. The summed E-state index contributed by atoms with van der Waals surface area (Å²) in [5.74, 6) is 0.185. The third-order valence-electron chi connectivity index (χ3n) is 5.14. The molecule has 11 heteroatoms. The highest BCUT2D eigenvalue weighted by Gasteiger charge is 2.27. The van der Waals surface area contributed by atoms with Crippen LogP contribution in [0.25, 0.3) is 0 Å². The van der Waals surface area contributed by atoms with Crippen molar-refractivity contribution in [3.05, 3.63) is 48.0 Å². The summed E-state index contributed by atoms with van der Waals surface area (Å²) in [6.07, 6.45) is 7.28. The van der Waals surface area contributed by atoms with Gasteiger partial charge < -0.3 is 9.64 Å². The molecule has 2 heterocycles. The number of nitrogens with zero attached hydrogens (tertiary/aromatic N) is 3. The maximum absolute atomic E-state index is 12.7. The summed E-state index contributed by atoms with van der Waals surface area (Å²) in [7, 11) is -3.75. The van der Waals surface area contributed by atoms with Crippen molar-refractivity contribution >= 4 is 22.0 Å². The summed E-state index contributed by atoms with van der Waals surface area (Å²) in [6, 6.07) is 5.99. The standard InChI is InChI=1S/C20H23N5O5S/c26-19-13-25(20(27)24-19)12-15-10-21-14(9-22-15)11-23-31(28,29)18-7-3-6-17(8-18)30-16-4-1-2-5-16/h3,6-10,16,23H,1-2,4-5,11-13H2,(H,24,26,27). The molecule has 2 N–H and O–H groups in total. The molecular weight excluding hydrogens is 422 g/mol.